The predicted octanol–water partition coefficient (Wildman–Crippen LogP) is 3.46. The average molecular weight is 435 g/mol. The SMILES string of the molecule is CCN1CCN(C(CNC(=O)c2cc(-c3ccc(OC)cc3)on2)c2ccccc2)CC1. The highest BCUT2D eigenvalue weighted by Gasteiger charge is 2.25. The van der Waals surface area contributed by atoms with Crippen molar-refractivity contribution in [1.82, 2.24) is 20.3 Å². The first-order chi connectivity index (χ1) is 15.7. The van der Waals surface area contributed by atoms with E-state index in [9.17, 15) is 4.79 Å². The Balaban J connectivity index is 1.42. The minimum Gasteiger partial charge on any atom is -0.497 e. The van der Waals surface area contributed by atoms with Crippen molar-refractivity contribution in [3.05, 3.63) is 71.9 Å². The molecule has 2 heterocycles. The Kier molecular flexibility index (Phi) is 7.19. The van der Waals surface area contributed by atoms with E-state index in [4.69, 9.17) is 9.26 Å². The first-order valence-electron chi connectivity index (χ1n) is 11.1. The zero-order valence-electron chi connectivity index (χ0n) is 18.7. The molecule has 0 bridgehead atoms. The molecule has 4 rings (SSSR count). The molecule has 1 aromatic heterocycles. The number of amides is 1. The Morgan fingerprint density at radius 3 is 2.47 bits per heavy atom. The molecule has 0 radical (unpaired) electrons. The molecule has 0 aliphatic carbocycles. The monoisotopic (exact) mass is 434 g/mol. The Labute approximate surface area is 188 Å². The van der Waals surface area contributed by atoms with Crippen LogP contribution in [0.2, 0.25) is 0 Å². The van der Waals surface area contributed by atoms with Crippen LogP contribution in [0, 0.1) is 0 Å². The maximum Gasteiger partial charge on any atom is 0.273 e. The maximum absolute atomic E-state index is 12.8. The summed E-state index contributed by atoms with van der Waals surface area (Å²) in [4.78, 5) is 17.7. The number of rotatable bonds is 8. The van der Waals surface area contributed by atoms with E-state index in [0.29, 0.717) is 12.3 Å². The van der Waals surface area contributed by atoms with Gasteiger partial charge in [-0.3, -0.25) is 9.69 Å². The summed E-state index contributed by atoms with van der Waals surface area (Å²) < 4.78 is 10.6. The number of ether oxygens (including phenoxy) is 1. The van der Waals surface area contributed by atoms with Gasteiger partial charge in [0.05, 0.1) is 13.2 Å². The molecular weight excluding hydrogens is 404 g/mol. The number of carbonyl (C=O) groups excluding carboxylic acids is 1. The molecule has 7 nitrogen and oxygen atoms in total. The van der Waals surface area contributed by atoms with Gasteiger partial charge in [-0.2, -0.15) is 0 Å². The summed E-state index contributed by atoms with van der Waals surface area (Å²) >= 11 is 0. The molecule has 1 aliphatic rings. The van der Waals surface area contributed by atoms with Gasteiger partial charge in [-0.1, -0.05) is 42.4 Å². The molecule has 0 saturated carbocycles. The summed E-state index contributed by atoms with van der Waals surface area (Å²) in [5, 5.41) is 7.05. The van der Waals surface area contributed by atoms with Crippen LogP contribution in [0.3, 0.4) is 0 Å². The Morgan fingerprint density at radius 1 is 1.09 bits per heavy atom. The summed E-state index contributed by atoms with van der Waals surface area (Å²) in [5.74, 6) is 1.08. The molecule has 1 amide bonds. The van der Waals surface area contributed by atoms with E-state index in [1.54, 1.807) is 13.2 Å². The summed E-state index contributed by atoms with van der Waals surface area (Å²) in [6, 6.07) is 19.6. The second kappa shape index (κ2) is 10.4. The fraction of sp³-hybridized carbons (Fsp3) is 0.360. The minimum absolute atomic E-state index is 0.118. The lowest BCUT2D eigenvalue weighted by atomic mass is 10.0. The van der Waals surface area contributed by atoms with Gasteiger partial charge < -0.3 is 19.5 Å². The van der Waals surface area contributed by atoms with Gasteiger partial charge in [-0.05, 0) is 36.4 Å². The molecule has 1 atom stereocenters. The van der Waals surface area contributed by atoms with Crippen molar-refractivity contribution in [1.29, 1.82) is 0 Å². The number of nitrogens with one attached hydrogen (secondary N) is 1. The molecule has 3 aromatic rings. The van der Waals surface area contributed by atoms with Gasteiger partial charge in [-0.15, -0.1) is 0 Å². The van der Waals surface area contributed by atoms with Crippen LogP contribution in [0.4, 0.5) is 0 Å². The van der Waals surface area contributed by atoms with Crippen molar-refractivity contribution in [2.24, 2.45) is 0 Å². The fourth-order valence-corrected chi connectivity index (χ4v) is 4.08. The highest BCUT2D eigenvalue weighted by Crippen LogP contribution is 2.24. The molecule has 1 aliphatic heterocycles. The Hall–Kier alpha value is -3.16. The highest BCUT2D eigenvalue weighted by molar-refractivity contribution is 5.93. The maximum atomic E-state index is 12.8. The molecule has 2 aromatic carbocycles. The second-order valence-corrected chi connectivity index (χ2v) is 7.91. The van der Waals surface area contributed by atoms with Crippen LogP contribution in [0.5, 0.6) is 5.75 Å². The summed E-state index contributed by atoms with van der Waals surface area (Å²) in [7, 11) is 1.62. The summed E-state index contributed by atoms with van der Waals surface area (Å²) in [5.41, 5.74) is 2.32. The number of hydrogen-bond acceptors (Lipinski definition) is 6. The molecule has 7 heteroatoms. The smallest absolute Gasteiger partial charge is 0.273 e. The van der Waals surface area contributed by atoms with Crippen molar-refractivity contribution in [3.63, 3.8) is 0 Å². The molecule has 1 unspecified atom stereocenters. The van der Waals surface area contributed by atoms with E-state index in [0.717, 1.165) is 44.0 Å². The Morgan fingerprint density at radius 2 is 1.81 bits per heavy atom. The first kappa shape index (κ1) is 22.0. The van der Waals surface area contributed by atoms with Gasteiger partial charge in [0.2, 0.25) is 0 Å². The molecular formula is C25H30N4O3. The molecule has 0 spiro atoms. The van der Waals surface area contributed by atoms with Crippen molar-refractivity contribution in [3.8, 4) is 17.1 Å². The van der Waals surface area contributed by atoms with Crippen LogP contribution in [-0.4, -0.2) is 67.2 Å². The Bertz CT molecular complexity index is 996. The first-order valence-corrected chi connectivity index (χ1v) is 11.1. The van der Waals surface area contributed by atoms with Crippen LogP contribution < -0.4 is 10.1 Å². The largest absolute Gasteiger partial charge is 0.497 e. The number of piperazine rings is 1. The van der Waals surface area contributed by atoms with E-state index in [1.165, 1.54) is 5.56 Å². The molecule has 1 saturated heterocycles. The molecule has 1 N–H and O–H groups in total. The number of benzene rings is 2. The van der Waals surface area contributed by atoms with Crippen LogP contribution in [0.25, 0.3) is 11.3 Å². The zero-order chi connectivity index (χ0) is 22.3. The number of aromatic nitrogens is 1. The van der Waals surface area contributed by atoms with Crippen LogP contribution in [0.1, 0.15) is 29.0 Å². The number of hydrogen-bond donors (Lipinski definition) is 1. The van der Waals surface area contributed by atoms with E-state index in [2.05, 4.69) is 39.3 Å². The third-order valence-corrected chi connectivity index (χ3v) is 6.05. The van der Waals surface area contributed by atoms with Crippen LogP contribution in [0.15, 0.2) is 65.2 Å². The number of carbonyl (C=O) groups is 1. The lowest BCUT2D eigenvalue weighted by molar-refractivity contribution is 0.0849. The number of methoxy groups -OCH3 is 1. The van der Waals surface area contributed by atoms with E-state index < -0.39 is 0 Å². The fourth-order valence-electron chi connectivity index (χ4n) is 4.08. The normalized spacial score (nSPS) is 15.9. The second-order valence-electron chi connectivity index (χ2n) is 7.91. The average Bonchev–Trinajstić information content (AvgIpc) is 3.36. The predicted molar refractivity (Wildman–Crippen MR) is 124 cm³/mol. The quantitative estimate of drug-likeness (QED) is 0.586. The van der Waals surface area contributed by atoms with Gasteiger partial charge in [0.25, 0.3) is 5.91 Å². The third-order valence-electron chi connectivity index (χ3n) is 6.05. The van der Waals surface area contributed by atoms with Crippen molar-refractivity contribution in [2.45, 2.75) is 13.0 Å². The van der Waals surface area contributed by atoms with Gasteiger partial charge in [0.15, 0.2) is 11.5 Å². The van der Waals surface area contributed by atoms with E-state index >= 15 is 0 Å². The summed E-state index contributed by atoms with van der Waals surface area (Å²) in [6.45, 7) is 7.83. The molecule has 32 heavy (non-hydrogen) atoms. The van der Waals surface area contributed by atoms with Gasteiger partial charge in [-0.25, -0.2) is 0 Å². The third kappa shape index (κ3) is 5.18. The lowest BCUT2D eigenvalue weighted by Crippen LogP contribution is -2.49. The lowest BCUT2D eigenvalue weighted by Gasteiger charge is -2.39. The van der Waals surface area contributed by atoms with Crippen molar-refractivity contribution in [2.75, 3.05) is 46.4 Å². The van der Waals surface area contributed by atoms with Gasteiger partial charge in [0.1, 0.15) is 5.75 Å². The standard InChI is InChI=1S/C25H30N4O3/c1-3-28-13-15-29(16-14-28)23(19-7-5-4-6-8-19)18-26-25(30)22-17-24(32-27-22)20-9-11-21(31-2)12-10-20/h4-12,17,23H,3,13-16,18H2,1-2H3,(H,26,30). The van der Waals surface area contributed by atoms with Crippen molar-refractivity contribution < 1.29 is 14.1 Å². The van der Waals surface area contributed by atoms with Gasteiger partial charge in [0, 0.05) is 44.4 Å². The summed E-state index contributed by atoms with van der Waals surface area (Å²) in [6.07, 6.45) is 0. The highest BCUT2D eigenvalue weighted by atomic mass is 16.5. The van der Waals surface area contributed by atoms with Crippen LogP contribution >= 0.6 is 0 Å². The van der Waals surface area contributed by atoms with E-state index in [1.807, 2.05) is 42.5 Å². The topological polar surface area (TPSA) is 70.8 Å². The molecule has 1 fully saturated rings. The minimum atomic E-state index is -0.235. The molecule has 168 valence electrons. The van der Waals surface area contributed by atoms with E-state index in [-0.39, 0.29) is 17.6 Å². The number of nitrogens with zero attached hydrogens (tertiary/aromatic N) is 3. The van der Waals surface area contributed by atoms with Gasteiger partial charge >= 0.3 is 0 Å². The number of likely N-dealkylation sites (N-methyl/N-ethyl adjacent to an activating group) is 1. The van der Waals surface area contributed by atoms with Crippen molar-refractivity contribution >= 4 is 5.91 Å². The zero-order valence-corrected chi connectivity index (χ0v) is 18.7. The van der Waals surface area contributed by atoms with Crippen LogP contribution in [-0.2, 0) is 0 Å².